The largest absolute Gasteiger partial charge is 0.317 e. The van der Waals surface area contributed by atoms with Gasteiger partial charge in [0.25, 0.3) is 0 Å². The quantitative estimate of drug-likeness (QED) is 0.596. The van der Waals surface area contributed by atoms with Crippen LogP contribution in [0.4, 0.5) is 0 Å². The van der Waals surface area contributed by atoms with Gasteiger partial charge in [0.15, 0.2) is 0 Å². The summed E-state index contributed by atoms with van der Waals surface area (Å²) in [4.78, 5) is 2.67. The van der Waals surface area contributed by atoms with Gasteiger partial charge in [-0.1, -0.05) is 39.0 Å². The molecule has 1 unspecified atom stereocenters. The molecule has 0 aromatic carbocycles. The average Bonchev–Trinajstić information content (AvgIpc) is 2.39. The molecule has 0 radical (unpaired) electrons. The molecule has 0 aromatic heterocycles. The topological polar surface area (TPSA) is 15.3 Å². The first-order valence-electron chi connectivity index (χ1n) is 8.29. The van der Waals surface area contributed by atoms with Gasteiger partial charge >= 0.3 is 0 Å². The summed E-state index contributed by atoms with van der Waals surface area (Å²) in [5.41, 5.74) is 0. The van der Waals surface area contributed by atoms with Gasteiger partial charge in [0.2, 0.25) is 0 Å². The fourth-order valence-electron chi connectivity index (χ4n) is 2.88. The highest BCUT2D eigenvalue weighted by Crippen LogP contribution is 2.15. The minimum absolute atomic E-state index is 0.827. The van der Waals surface area contributed by atoms with E-state index in [1.165, 1.54) is 84.0 Å². The maximum Gasteiger partial charge on any atom is 0.00669 e. The van der Waals surface area contributed by atoms with Crippen molar-refractivity contribution in [3.63, 3.8) is 0 Å². The van der Waals surface area contributed by atoms with E-state index in [-0.39, 0.29) is 0 Å². The number of likely N-dealkylation sites (tertiary alicyclic amines) is 1. The Bertz CT molecular complexity index is 182. The molecule has 1 atom stereocenters. The molecule has 0 aliphatic carbocycles. The summed E-state index contributed by atoms with van der Waals surface area (Å²) in [6, 6.07) is 0.827. The summed E-state index contributed by atoms with van der Waals surface area (Å²) in [5.74, 6) is 0. The third-order valence-electron chi connectivity index (χ3n) is 4.20. The SMILES string of the molecule is CCCCCCCNCCCN1CCCCC1C. The number of nitrogens with one attached hydrogen (secondary N) is 1. The van der Waals surface area contributed by atoms with Gasteiger partial charge < -0.3 is 10.2 Å². The van der Waals surface area contributed by atoms with Crippen LogP contribution in [0.2, 0.25) is 0 Å². The van der Waals surface area contributed by atoms with Crippen LogP contribution < -0.4 is 5.32 Å². The molecule has 1 aliphatic heterocycles. The van der Waals surface area contributed by atoms with E-state index in [4.69, 9.17) is 0 Å². The maximum atomic E-state index is 3.59. The highest BCUT2D eigenvalue weighted by molar-refractivity contribution is 4.72. The van der Waals surface area contributed by atoms with Crippen LogP contribution in [0.25, 0.3) is 0 Å². The van der Waals surface area contributed by atoms with Crippen LogP contribution in [0.15, 0.2) is 0 Å². The summed E-state index contributed by atoms with van der Waals surface area (Å²) >= 11 is 0. The standard InChI is InChI=1S/C16H34N2/c1-3-4-5-6-8-12-17-13-10-15-18-14-9-7-11-16(18)2/h16-17H,3-15H2,1-2H3. The molecule has 0 spiro atoms. The van der Waals surface area contributed by atoms with Crippen LogP contribution in [-0.4, -0.2) is 37.1 Å². The van der Waals surface area contributed by atoms with E-state index in [0.717, 1.165) is 6.04 Å². The van der Waals surface area contributed by atoms with Crippen LogP contribution in [-0.2, 0) is 0 Å². The van der Waals surface area contributed by atoms with Gasteiger partial charge in [0.05, 0.1) is 0 Å². The third kappa shape index (κ3) is 7.38. The Labute approximate surface area is 115 Å². The molecule has 2 heteroatoms. The predicted octanol–water partition coefficient (Wildman–Crippen LogP) is 3.81. The van der Waals surface area contributed by atoms with Crippen LogP contribution in [0.5, 0.6) is 0 Å². The highest BCUT2D eigenvalue weighted by atomic mass is 15.2. The van der Waals surface area contributed by atoms with Crippen LogP contribution >= 0.6 is 0 Å². The first kappa shape index (κ1) is 16.0. The third-order valence-corrected chi connectivity index (χ3v) is 4.20. The summed E-state index contributed by atoms with van der Waals surface area (Å²) < 4.78 is 0. The van der Waals surface area contributed by atoms with E-state index in [1.807, 2.05) is 0 Å². The fraction of sp³-hybridized carbons (Fsp3) is 1.00. The fourth-order valence-corrected chi connectivity index (χ4v) is 2.88. The van der Waals surface area contributed by atoms with Crippen LogP contribution in [0, 0.1) is 0 Å². The number of hydrogen-bond acceptors (Lipinski definition) is 2. The van der Waals surface area contributed by atoms with E-state index in [1.54, 1.807) is 0 Å². The molecule has 108 valence electrons. The molecule has 0 aromatic rings. The molecule has 0 saturated carbocycles. The molecule has 1 N–H and O–H groups in total. The van der Waals surface area contributed by atoms with Crippen molar-refractivity contribution in [2.45, 2.75) is 77.7 Å². The first-order valence-corrected chi connectivity index (χ1v) is 8.29. The van der Waals surface area contributed by atoms with Crippen molar-refractivity contribution >= 4 is 0 Å². The van der Waals surface area contributed by atoms with Crippen molar-refractivity contribution in [2.24, 2.45) is 0 Å². The van der Waals surface area contributed by atoms with Gasteiger partial charge in [-0.2, -0.15) is 0 Å². The number of piperidine rings is 1. The molecular weight excluding hydrogens is 220 g/mol. The van der Waals surface area contributed by atoms with Crippen LogP contribution in [0.3, 0.4) is 0 Å². The molecule has 2 nitrogen and oxygen atoms in total. The van der Waals surface area contributed by atoms with Gasteiger partial charge in [0.1, 0.15) is 0 Å². The number of nitrogens with zero attached hydrogens (tertiary/aromatic N) is 1. The molecule has 18 heavy (non-hydrogen) atoms. The van der Waals surface area contributed by atoms with E-state index in [2.05, 4.69) is 24.1 Å². The minimum atomic E-state index is 0.827. The Morgan fingerprint density at radius 3 is 2.56 bits per heavy atom. The minimum Gasteiger partial charge on any atom is -0.317 e. The Balaban J connectivity index is 1.83. The Hall–Kier alpha value is -0.0800. The molecule has 1 rings (SSSR count). The van der Waals surface area contributed by atoms with E-state index in [9.17, 15) is 0 Å². The van der Waals surface area contributed by atoms with Crippen molar-refractivity contribution in [1.29, 1.82) is 0 Å². The summed E-state index contributed by atoms with van der Waals surface area (Å²) in [6.45, 7) is 9.72. The second-order valence-electron chi connectivity index (χ2n) is 5.90. The summed E-state index contributed by atoms with van der Waals surface area (Å²) in [7, 11) is 0. The molecule has 1 saturated heterocycles. The lowest BCUT2D eigenvalue weighted by Crippen LogP contribution is -2.38. The lowest BCUT2D eigenvalue weighted by Gasteiger charge is -2.33. The molecular formula is C16H34N2. The number of unbranched alkanes of at least 4 members (excludes halogenated alkanes) is 4. The van der Waals surface area contributed by atoms with E-state index < -0.39 is 0 Å². The second-order valence-corrected chi connectivity index (χ2v) is 5.90. The normalized spacial score (nSPS) is 21.3. The van der Waals surface area contributed by atoms with Crippen LogP contribution in [0.1, 0.15) is 71.6 Å². The van der Waals surface area contributed by atoms with Crippen molar-refractivity contribution in [3.05, 3.63) is 0 Å². The van der Waals surface area contributed by atoms with Crippen molar-refractivity contribution in [3.8, 4) is 0 Å². The van der Waals surface area contributed by atoms with Crippen molar-refractivity contribution < 1.29 is 0 Å². The van der Waals surface area contributed by atoms with E-state index >= 15 is 0 Å². The molecule has 0 amide bonds. The molecule has 1 fully saturated rings. The number of rotatable bonds is 10. The summed E-state index contributed by atoms with van der Waals surface area (Å²) in [5, 5.41) is 3.59. The van der Waals surface area contributed by atoms with Gasteiger partial charge in [-0.3, -0.25) is 0 Å². The Kier molecular flexibility index (Phi) is 9.59. The zero-order chi connectivity index (χ0) is 13.1. The zero-order valence-electron chi connectivity index (χ0n) is 12.7. The predicted molar refractivity (Wildman–Crippen MR) is 81.1 cm³/mol. The first-order chi connectivity index (χ1) is 8.84. The highest BCUT2D eigenvalue weighted by Gasteiger charge is 2.16. The molecule has 0 bridgehead atoms. The molecule has 1 aliphatic rings. The van der Waals surface area contributed by atoms with Gasteiger partial charge in [-0.25, -0.2) is 0 Å². The average molecular weight is 254 g/mol. The number of hydrogen-bond donors (Lipinski definition) is 1. The van der Waals surface area contributed by atoms with Gasteiger partial charge in [-0.15, -0.1) is 0 Å². The van der Waals surface area contributed by atoms with Gasteiger partial charge in [-0.05, 0) is 58.8 Å². The second kappa shape index (κ2) is 10.8. The van der Waals surface area contributed by atoms with Crippen molar-refractivity contribution in [2.75, 3.05) is 26.2 Å². The lowest BCUT2D eigenvalue weighted by molar-refractivity contribution is 0.159. The smallest absolute Gasteiger partial charge is 0.00669 e. The Morgan fingerprint density at radius 2 is 1.78 bits per heavy atom. The zero-order valence-corrected chi connectivity index (χ0v) is 12.7. The Morgan fingerprint density at radius 1 is 1.00 bits per heavy atom. The van der Waals surface area contributed by atoms with E-state index in [0.29, 0.717) is 0 Å². The van der Waals surface area contributed by atoms with Crippen molar-refractivity contribution in [1.82, 2.24) is 10.2 Å². The van der Waals surface area contributed by atoms with Gasteiger partial charge in [0, 0.05) is 6.04 Å². The molecule has 1 heterocycles. The summed E-state index contributed by atoms with van der Waals surface area (Å²) in [6.07, 6.45) is 12.5. The maximum absolute atomic E-state index is 3.59. The lowest BCUT2D eigenvalue weighted by atomic mass is 10.0. The monoisotopic (exact) mass is 254 g/mol.